The highest BCUT2D eigenvalue weighted by Crippen LogP contribution is 2.45. The van der Waals surface area contributed by atoms with Gasteiger partial charge in [0.15, 0.2) is 17.3 Å². The maximum absolute atomic E-state index is 14.2. The van der Waals surface area contributed by atoms with Crippen molar-refractivity contribution in [1.82, 2.24) is 10.6 Å². The molecular formula is C48H61N3O7. The van der Waals surface area contributed by atoms with Crippen LogP contribution in [0.5, 0.6) is 11.5 Å². The van der Waals surface area contributed by atoms with Crippen molar-refractivity contribution >= 4 is 17.6 Å². The Morgan fingerprint density at radius 2 is 1.84 bits per heavy atom. The SMILES string of the molecule is COc1cc2c(cc1O)[C@@H](C[C@H](O)[C@H](O)C[C@H](/C=C/c1ccccc1)C1=CCNC(N)=C1)C#C[C@@]1(CC[C@H](CC[C@@H]3CN[C@@H]4CC(=O)CC[C@@H]4C3)C[C@H]1O)C(=O)CC2. The van der Waals surface area contributed by atoms with Gasteiger partial charge in [0.1, 0.15) is 11.2 Å². The van der Waals surface area contributed by atoms with Crippen LogP contribution in [0.4, 0.5) is 0 Å². The van der Waals surface area contributed by atoms with Gasteiger partial charge in [-0.1, -0.05) is 66.8 Å². The number of ether oxygens (including phenoxy) is 1. The summed E-state index contributed by atoms with van der Waals surface area (Å²) in [6, 6.07) is 13.6. The van der Waals surface area contributed by atoms with Crippen molar-refractivity contribution in [1.29, 1.82) is 0 Å². The molecule has 7 rings (SSSR count). The number of phenolic OH excluding ortho intramolecular Hbond substituents is 1. The Kier molecular flexibility index (Phi) is 13.4. The molecule has 3 fully saturated rings. The lowest BCUT2D eigenvalue weighted by Gasteiger charge is -2.42. The fourth-order valence-electron chi connectivity index (χ4n) is 10.2. The molecule has 58 heavy (non-hydrogen) atoms. The molecule has 5 aliphatic rings. The third-order valence-corrected chi connectivity index (χ3v) is 13.7. The van der Waals surface area contributed by atoms with Gasteiger partial charge in [-0.2, -0.15) is 0 Å². The third kappa shape index (κ3) is 9.72. The number of benzene rings is 2. The topological polar surface area (TPSA) is 174 Å². The Morgan fingerprint density at radius 1 is 1.03 bits per heavy atom. The molecule has 8 N–H and O–H groups in total. The van der Waals surface area contributed by atoms with Crippen molar-refractivity contribution < 1.29 is 34.8 Å². The van der Waals surface area contributed by atoms with Crippen molar-refractivity contribution in [3.8, 4) is 23.3 Å². The van der Waals surface area contributed by atoms with Crippen molar-refractivity contribution in [3.05, 3.63) is 88.8 Å². The summed E-state index contributed by atoms with van der Waals surface area (Å²) in [6.45, 7) is 1.48. The highest BCUT2D eigenvalue weighted by Gasteiger charge is 2.48. The average Bonchev–Trinajstić information content (AvgIpc) is 3.27. The van der Waals surface area contributed by atoms with Crippen molar-refractivity contribution in [2.24, 2.45) is 34.8 Å². The fourth-order valence-corrected chi connectivity index (χ4v) is 10.2. The number of aryl methyl sites for hydroxylation is 1. The van der Waals surface area contributed by atoms with E-state index in [9.17, 15) is 30.0 Å². The Balaban J connectivity index is 1.08. The molecule has 2 aliphatic heterocycles. The van der Waals surface area contributed by atoms with E-state index in [2.05, 4.69) is 22.5 Å². The van der Waals surface area contributed by atoms with Gasteiger partial charge in [-0.3, -0.25) is 9.59 Å². The molecule has 10 heteroatoms. The minimum atomic E-state index is -1.23. The standard InChI is InChI=1S/C48H61N3O7/c1-58-44-25-35-12-14-45(56)48(18-15-31(22-46(48)57)7-8-32-21-37-11-13-38(52)27-40(37)51-29-32)19-16-36(39(35)28-43(44)55)24-42(54)41(53)23-33(34-17-20-50-47(49)26-34)10-9-30-5-3-2-4-6-30/h2-6,9-10,17,25-26,28,31-33,36-37,40-42,46,50-51,53-55,57H,7-8,11-15,18,20-24,27,29,49H2,1H3/b10-9+/t31-,32-,33-,36+,37+,40+,41+,42-,46+,48-/m0/s1. The first kappa shape index (κ1) is 41.7. The number of hydrogen-bond acceptors (Lipinski definition) is 10. The molecule has 10 nitrogen and oxygen atoms in total. The molecule has 3 aliphatic carbocycles. The number of carbonyl (C=O) groups is 2. The van der Waals surface area contributed by atoms with E-state index in [-0.39, 0.29) is 48.4 Å². The quantitative estimate of drug-likeness (QED) is 0.137. The van der Waals surface area contributed by atoms with Gasteiger partial charge in [-0.15, -0.1) is 0 Å². The van der Waals surface area contributed by atoms with Crippen molar-refractivity contribution in [2.75, 3.05) is 20.2 Å². The number of carbonyl (C=O) groups excluding carboxylic acids is 2. The molecule has 0 aromatic heterocycles. The average molecular weight is 792 g/mol. The Labute approximate surface area is 343 Å². The smallest absolute Gasteiger partial charge is 0.160 e. The molecule has 2 saturated carbocycles. The van der Waals surface area contributed by atoms with Crippen molar-refractivity contribution in [3.63, 3.8) is 0 Å². The molecule has 2 heterocycles. The van der Waals surface area contributed by atoms with Crippen LogP contribution >= 0.6 is 0 Å². The van der Waals surface area contributed by atoms with Crippen LogP contribution in [0.2, 0.25) is 0 Å². The molecule has 0 unspecified atom stereocenters. The molecular weight excluding hydrogens is 731 g/mol. The van der Waals surface area contributed by atoms with Gasteiger partial charge in [-0.25, -0.2) is 0 Å². The number of hydrogen-bond donors (Lipinski definition) is 7. The first-order valence-electron chi connectivity index (χ1n) is 21.4. The number of ketones is 2. The van der Waals surface area contributed by atoms with Crippen LogP contribution in [0.1, 0.15) is 99.7 Å². The summed E-state index contributed by atoms with van der Waals surface area (Å²) in [6.07, 6.45) is 12.7. The molecule has 310 valence electrons. The number of aromatic hydroxyl groups is 1. The first-order valence-corrected chi connectivity index (χ1v) is 21.4. The van der Waals surface area contributed by atoms with E-state index in [1.165, 1.54) is 7.11 Å². The molecule has 0 amide bonds. The number of methoxy groups -OCH3 is 1. The van der Waals surface area contributed by atoms with Gasteiger partial charge in [-0.05, 0) is 123 Å². The van der Waals surface area contributed by atoms with Gasteiger partial charge >= 0.3 is 0 Å². The van der Waals surface area contributed by atoms with E-state index in [1.54, 1.807) is 12.1 Å². The van der Waals surface area contributed by atoms with Crippen LogP contribution in [0.3, 0.4) is 0 Å². The molecule has 10 atom stereocenters. The third-order valence-electron chi connectivity index (χ3n) is 13.7. The zero-order valence-electron chi connectivity index (χ0n) is 33.7. The van der Waals surface area contributed by atoms with Gasteiger partial charge in [0.2, 0.25) is 0 Å². The minimum Gasteiger partial charge on any atom is -0.504 e. The zero-order chi connectivity index (χ0) is 40.8. The van der Waals surface area contributed by atoms with Crippen LogP contribution in [0.15, 0.2) is 72.1 Å². The van der Waals surface area contributed by atoms with Gasteiger partial charge in [0.25, 0.3) is 0 Å². The maximum Gasteiger partial charge on any atom is 0.160 e. The summed E-state index contributed by atoms with van der Waals surface area (Å²) in [5, 5.41) is 52.9. The van der Waals surface area contributed by atoms with E-state index in [0.29, 0.717) is 73.7 Å². The Morgan fingerprint density at radius 3 is 2.62 bits per heavy atom. The van der Waals surface area contributed by atoms with Crippen molar-refractivity contribution in [2.45, 2.75) is 114 Å². The lowest BCUT2D eigenvalue weighted by atomic mass is 9.64. The number of nitrogens with two attached hydrogens (primary N) is 1. The lowest BCUT2D eigenvalue weighted by Crippen LogP contribution is -2.49. The highest BCUT2D eigenvalue weighted by atomic mass is 16.5. The fraction of sp³-hybridized carbons (Fsp3) is 0.542. The summed E-state index contributed by atoms with van der Waals surface area (Å²) >= 11 is 0. The number of rotatable bonds is 12. The summed E-state index contributed by atoms with van der Waals surface area (Å²) < 4.78 is 5.45. The molecule has 0 radical (unpaired) electrons. The second-order valence-electron chi connectivity index (χ2n) is 17.5. The number of dihydropyridines is 1. The largest absolute Gasteiger partial charge is 0.504 e. The summed E-state index contributed by atoms with van der Waals surface area (Å²) in [4.78, 5) is 26.2. The van der Waals surface area contributed by atoms with Crippen LogP contribution in [0.25, 0.3) is 6.08 Å². The van der Waals surface area contributed by atoms with E-state index in [1.807, 2.05) is 54.6 Å². The van der Waals surface area contributed by atoms with Gasteiger partial charge in [0.05, 0.1) is 31.2 Å². The zero-order valence-corrected chi connectivity index (χ0v) is 33.7. The lowest BCUT2D eigenvalue weighted by molar-refractivity contribution is -0.134. The predicted octanol–water partition coefficient (Wildman–Crippen LogP) is 5.44. The number of allylic oxidation sites excluding steroid dienone is 3. The molecule has 2 aromatic rings. The first-order chi connectivity index (χ1) is 28.0. The molecule has 1 spiro atoms. The van der Waals surface area contributed by atoms with E-state index in [4.69, 9.17) is 10.5 Å². The van der Waals surface area contributed by atoms with Gasteiger partial charge in [0, 0.05) is 43.7 Å². The van der Waals surface area contributed by atoms with Crippen LogP contribution in [-0.2, 0) is 16.0 Å². The van der Waals surface area contributed by atoms with E-state index < -0.39 is 29.6 Å². The second kappa shape index (κ2) is 18.7. The number of aliphatic hydroxyl groups is 3. The predicted molar refractivity (Wildman–Crippen MR) is 224 cm³/mol. The number of aliphatic hydroxyl groups excluding tert-OH is 3. The molecule has 1 saturated heterocycles. The minimum absolute atomic E-state index is 0.0507. The normalized spacial score (nSPS) is 30.2. The highest BCUT2D eigenvalue weighted by molar-refractivity contribution is 5.89. The maximum atomic E-state index is 14.2. The number of phenols is 1. The number of Topliss-reactive ketones (excluding diaryl/α,β-unsaturated/α-hetero) is 2. The second-order valence-corrected chi connectivity index (χ2v) is 17.5. The number of piperidine rings is 1. The van der Waals surface area contributed by atoms with Crippen LogP contribution in [-0.4, -0.2) is 76.5 Å². The summed E-state index contributed by atoms with van der Waals surface area (Å²) in [5.41, 5.74) is 8.30. The molecule has 2 aromatic carbocycles. The van der Waals surface area contributed by atoms with Crippen LogP contribution < -0.4 is 21.1 Å². The van der Waals surface area contributed by atoms with Gasteiger partial charge < -0.3 is 41.5 Å². The van der Waals surface area contributed by atoms with E-state index in [0.717, 1.165) is 55.3 Å². The Hall–Kier alpha value is -4.40. The Bertz CT molecular complexity index is 1950. The monoisotopic (exact) mass is 791 g/mol. The summed E-state index contributed by atoms with van der Waals surface area (Å²) in [7, 11) is 1.48. The summed E-state index contributed by atoms with van der Waals surface area (Å²) in [5.74, 6) is 8.18. The number of fused-ring (bicyclic) bond motifs is 2. The van der Waals surface area contributed by atoms with Crippen LogP contribution in [0, 0.1) is 40.9 Å². The molecule has 0 bridgehead atoms. The number of nitrogens with one attached hydrogen (secondary N) is 2. The van der Waals surface area contributed by atoms with E-state index >= 15 is 0 Å².